The number of rotatable bonds is 5. The molecule has 0 aliphatic heterocycles. The third-order valence-corrected chi connectivity index (χ3v) is 3.21. The molecule has 0 spiro atoms. The molecule has 2 rings (SSSR count). The summed E-state index contributed by atoms with van der Waals surface area (Å²) in [5.41, 5.74) is 9.92. The van der Waals surface area contributed by atoms with Gasteiger partial charge in [0.2, 0.25) is 0 Å². The number of nitrogens with one attached hydrogen (secondary N) is 1. The molecule has 0 fully saturated rings. The van der Waals surface area contributed by atoms with Gasteiger partial charge in [0.15, 0.2) is 0 Å². The molecule has 0 aliphatic carbocycles. The minimum absolute atomic E-state index is 0.345. The Labute approximate surface area is 124 Å². The number of aryl methyl sites for hydroxylation is 1. The normalized spacial score (nSPS) is 10.2. The van der Waals surface area contributed by atoms with Crippen molar-refractivity contribution in [2.45, 2.75) is 20.3 Å². The smallest absolute Gasteiger partial charge is 0.338 e. The predicted octanol–water partition coefficient (Wildman–Crippen LogP) is 3.75. The number of ether oxygens (including phenoxy) is 1. The van der Waals surface area contributed by atoms with E-state index in [4.69, 9.17) is 10.5 Å². The first-order chi connectivity index (χ1) is 10.1. The second kappa shape index (κ2) is 6.79. The van der Waals surface area contributed by atoms with E-state index in [9.17, 15) is 4.79 Å². The molecule has 4 heteroatoms. The summed E-state index contributed by atoms with van der Waals surface area (Å²) in [5, 5.41) is 3.23. The van der Waals surface area contributed by atoms with Crippen LogP contribution in [0.5, 0.6) is 0 Å². The zero-order chi connectivity index (χ0) is 15.2. The molecule has 0 saturated heterocycles. The van der Waals surface area contributed by atoms with Crippen LogP contribution in [0.25, 0.3) is 0 Å². The molecule has 0 aromatic heterocycles. The van der Waals surface area contributed by atoms with E-state index in [2.05, 4.69) is 24.4 Å². The van der Waals surface area contributed by atoms with E-state index >= 15 is 0 Å². The fourth-order valence-electron chi connectivity index (χ4n) is 1.99. The van der Waals surface area contributed by atoms with E-state index in [1.165, 1.54) is 5.56 Å². The molecule has 0 bridgehead atoms. The van der Waals surface area contributed by atoms with E-state index in [1.54, 1.807) is 25.1 Å². The molecular weight excluding hydrogens is 264 g/mol. The third-order valence-electron chi connectivity index (χ3n) is 3.21. The Morgan fingerprint density at radius 1 is 1.14 bits per heavy atom. The van der Waals surface area contributed by atoms with Crippen molar-refractivity contribution in [1.29, 1.82) is 0 Å². The number of carbonyl (C=O) groups is 1. The lowest BCUT2D eigenvalue weighted by Gasteiger charge is -2.11. The summed E-state index contributed by atoms with van der Waals surface area (Å²) in [6.45, 7) is 4.25. The van der Waals surface area contributed by atoms with Crippen molar-refractivity contribution in [3.63, 3.8) is 0 Å². The van der Waals surface area contributed by atoms with Gasteiger partial charge in [0, 0.05) is 5.69 Å². The topological polar surface area (TPSA) is 64.3 Å². The molecule has 3 N–H and O–H groups in total. The minimum Gasteiger partial charge on any atom is -0.462 e. The highest BCUT2D eigenvalue weighted by Crippen LogP contribution is 2.25. The number of benzene rings is 2. The summed E-state index contributed by atoms with van der Waals surface area (Å²) in [6.07, 6.45) is 1.00. The van der Waals surface area contributed by atoms with Gasteiger partial charge >= 0.3 is 5.97 Å². The standard InChI is InChI=1S/C17H20N2O2/c1-3-12-5-8-14(9-6-12)19-16-11-13(7-10-15(16)18)17(20)21-4-2/h5-11,19H,3-4,18H2,1-2H3. The van der Waals surface area contributed by atoms with Crippen molar-refractivity contribution >= 4 is 23.0 Å². The largest absolute Gasteiger partial charge is 0.462 e. The second-order valence-corrected chi connectivity index (χ2v) is 4.70. The Kier molecular flexibility index (Phi) is 4.82. The molecule has 0 aliphatic rings. The van der Waals surface area contributed by atoms with Gasteiger partial charge in [0.1, 0.15) is 0 Å². The van der Waals surface area contributed by atoms with E-state index < -0.39 is 0 Å². The van der Waals surface area contributed by atoms with Gasteiger partial charge in [-0.2, -0.15) is 0 Å². The van der Waals surface area contributed by atoms with Crippen LogP contribution in [0.1, 0.15) is 29.8 Å². The Morgan fingerprint density at radius 2 is 1.86 bits per heavy atom. The van der Waals surface area contributed by atoms with Gasteiger partial charge in [-0.1, -0.05) is 19.1 Å². The van der Waals surface area contributed by atoms with Crippen molar-refractivity contribution in [1.82, 2.24) is 0 Å². The molecule has 0 amide bonds. The van der Waals surface area contributed by atoms with Crippen molar-refractivity contribution in [3.05, 3.63) is 53.6 Å². The summed E-state index contributed by atoms with van der Waals surface area (Å²) < 4.78 is 5.00. The first-order valence-corrected chi connectivity index (χ1v) is 7.06. The minimum atomic E-state index is -0.345. The van der Waals surface area contributed by atoms with Gasteiger partial charge in [-0.15, -0.1) is 0 Å². The van der Waals surface area contributed by atoms with E-state index in [-0.39, 0.29) is 5.97 Å². The number of carbonyl (C=O) groups excluding carboxylic acids is 1. The molecule has 0 unspecified atom stereocenters. The van der Waals surface area contributed by atoms with Gasteiger partial charge in [0.25, 0.3) is 0 Å². The van der Waals surface area contributed by atoms with Crippen molar-refractivity contribution in [2.75, 3.05) is 17.7 Å². The van der Waals surface area contributed by atoms with Gasteiger partial charge < -0.3 is 15.8 Å². The second-order valence-electron chi connectivity index (χ2n) is 4.70. The van der Waals surface area contributed by atoms with Crippen LogP contribution in [0.4, 0.5) is 17.1 Å². The van der Waals surface area contributed by atoms with Crippen molar-refractivity contribution in [2.24, 2.45) is 0 Å². The molecule has 2 aromatic rings. The highest BCUT2D eigenvalue weighted by molar-refractivity contribution is 5.92. The quantitative estimate of drug-likeness (QED) is 0.648. The lowest BCUT2D eigenvalue weighted by atomic mass is 10.1. The van der Waals surface area contributed by atoms with Crippen LogP contribution in [0.3, 0.4) is 0 Å². The number of nitrogen functional groups attached to an aromatic ring is 1. The van der Waals surface area contributed by atoms with Crippen LogP contribution in [-0.2, 0) is 11.2 Å². The monoisotopic (exact) mass is 284 g/mol. The lowest BCUT2D eigenvalue weighted by Crippen LogP contribution is -2.06. The summed E-state index contributed by atoms with van der Waals surface area (Å²) in [4.78, 5) is 11.8. The zero-order valence-electron chi connectivity index (χ0n) is 12.3. The van der Waals surface area contributed by atoms with Crippen molar-refractivity contribution in [3.8, 4) is 0 Å². The molecule has 4 nitrogen and oxygen atoms in total. The molecule has 0 atom stereocenters. The number of anilines is 3. The summed E-state index contributed by atoms with van der Waals surface area (Å²) in [7, 11) is 0. The maximum absolute atomic E-state index is 11.8. The first kappa shape index (κ1) is 14.9. The van der Waals surface area contributed by atoms with Crippen LogP contribution in [0, 0.1) is 0 Å². The average molecular weight is 284 g/mol. The van der Waals surface area contributed by atoms with E-state index in [0.29, 0.717) is 23.5 Å². The Bertz CT molecular complexity index is 621. The summed E-state index contributed by atoms with van der Waals surface area (Å²) >= 11 is 0. The molecule has 110 valence electrons. The fourth-order valence-corrected chi connectivity index (χ4v) is 1.99. The molecule has 2 aromatic carbocycles. The maximum atomic E-state index is 11.8. The van der Waals surface area contributed by atoms with E-state index in [1.807, 2.05) is 12.1 Å². The van der Waals surface area contributed by atoms with Gasteiger partial charge in [-0.3, -0.25) is 0 Å². The highest BCUT2D eigenvalue weighted by Gasteiger charge is 2.09. The Balaban J connectivity index is 2.21. The highest BCUT2D eigenvalue weighted by atomic mass is 16.5. The maximum Gasteiger partial charge on any atom is 0.338 e. The Morgan fingerprint density at radius 3 is 2.48 bits per heavy atom. The van der Waals surface area contributed by atoms with Crippen LogP contribution >= 0.6 is 0 Å². The third kappa shape index (κ3) is 3.75. The SMILES string of the molecule is CCOC(=O)c1ccc(N)c(Nc2ccc(CC)cc2)c1. The van der Waals surface area contributed by atoms with Crippen LogP contribution in [0.2, 0.25) is 0 Å². The molecule has 0 radical (unpaired) electrons. The Hall–Kier alpha value is -2.49. The first-order valence-electron chi connectivity index (χ1n) is 7.06. The van der Waals surface area contributed by atoms with Crippen LogP contribution in [-0.4, -0.2) is 12.6 Å². The molecule has 0 heterocycles. The van der Waals surface area contributed by atoms with Crippen LogP contribution in [0.15, 0.2) is 42.5 Å². The number of esters is 1. The fraction of sp³-hybridized carbons (Fsp3) is 0.235. The number of nitrogens with two attached hydrogens (primary N) is 1. The number of hydrogen-bond acceptors (Lipinski definition) is 4. The van der Waals surface area contributed by atoms with Crippen LogP contribution < -0.4 is 11.1 Å². The lowest BCUT2D eigenvalue weighted by molar-refractivity contribution is 0.0526. The average Bonchev–Trinajstić information content (AvgIpc) is 2.50. The summed E-state index contributed by atoms with van der Waals surface area (Å²) in [6, 6.07) is 13.2. The molecule has 0 saturated carbocycles. The van der Waals surface area contributed by atoms with Gasteiger partial charge in [0.05, 0.1) is 23.5 Å². The number of hydrogen-bond donors (Lipinski definition) is 2. The van der Waals surface area contributed by atoms with Crippen molar-refractivity contribution < 1.29 is 9.53 Å². The van der Waals surface area contributed by atoms with Gasteiger partial charge in [-0.05, 0) is 49.2 Å². The molecular formula is C17H20N2O2. The van der Waals surface area contributed by atoms with Gasteiger partial charge in [-0.25, -0.2) is 4.79 Å². The van der Waals surface area contributed by atoms with E-state index in [0.717, 1.165) is 12.1 Å². The molecule has 21 heavy (non-hydrogen) atoms. The predicted molar refractivity (Wildman–Crippen MR) is 85.9 cm³/mol. The zero-order valence-corrected chi connectivity index (χ0v) is 12.3. The summed E-state index contributed by atoms with van der Waals surface area (Å²) in [5.74, 6) is -0.345.